The van der Waals surface area contributed by atoms with Crippen LogP contribution in [0.3, 0.4) is 0 Å². The van der Waals surface area contributed by atoms with Crippen LogP contribution in [-0.2, 0) is 4.79 Å². The molecule has 5 nitrogen and oxygen atoms in total. The van der Waals surface area contributed by atoms with E-state index in [0.717, 1.165) is 0 Å². The number of hydrogen-bond donors (Lipinski definition) is 2. The maximum atomic E-state index is 13.0. The highest BCUT2D eigenvalue weighted by atomic mass is 35.5. The van der Waals surface area contributed by atoms with E-state index in [1.165, 1.54) is 11.9 Å². The first-order chi connectivity index (χ1) is 14.1. The van der Waals surface area contributed by atoms with Crippen molar-refractivity contribution in [2.45, 2.75) is 12.3 Å². The second kappa shape index (κ2) is 8.79. The van der Waals surface area contributed by atoms with Crippen LogP contribution in [0, 0.1) is 0 Å². The Kier molecular flexibility index (Phi) is 6.54. The molecule has 1 atom stereocenters. The van der Waals surface area contributed by atoms with Crippen LogP contribution >= 0.6 is 35.4 Å². The van der Waals surface area contributed by atoms with Gasteiger partial charge < -0.3 is 15.5 Å². The zero-order valence-electron chi connectivity index (χ0n) is 15.4. The summed E-state index contributed by atoms with van der Waals surface area (Å²) in [6, 6.07) is 11.8. The molecule has 0 spiro atoms. The number of carbonyl (C=O) groups excluding carboxylic acids is 1. The Balaban J connectivity index is 2.06. The van der Waals surface area contributed by atoms with Crippen LogP contribution in [0.15, 0.2) is 47.5 Å². The molecule has 1 aliphatic heterocycles. The quantitative estimate of drug-likeness (QED) is 0.655. The van der Waals surface area contributed by atoms with Gasteiger partial charge in [0.15, 0.2) is 5.11 Å². The van der Waals surface area contributed by atoms with Crippen molar-refractivity contribution >= 4 is 57.8 Å². The van der Waals surface area contributed by atoms with Crippen LogP contribution in [-0.4, -0.2) is 42.7 Å². The van der Waals surface area contributed by atoms with E-state index >= 15 is 0 Å². The number of benzene rings is 2. The van der Waals surface area contributed by atoms with Gasteiger partial charge in [0, 0.05) is 28.2 Å². The average Bonchev–Trinajstić information content (AvgIpc) is 2.77. The topological polar surface area (TPSA) is 56.7 Å². The van der Waals surface area contributed by atoms with Crippen molar-refractivity contribution < 1.29 is 18.0 Å². The van der Waals surface area contributed by atoms with Crippen molar-refractivity contribution in [1.82, 2.24) is 10.6 Å². The number of anilines is 1. The number of rotatable bonds is 3. The van der Waals surface area contributed by atoms with Crippen molar-refractivity contribution in [1.29, 1.82) is 0 Å². The van der Waals surface area contributed by atoms with Gasteiger partial charge in [-0.1, -0.05) is 41.4 Å². The maximum absolute atomic E-state index is 13.0. The number of likely N-dealkylation sites (N-methyl/N-ethyl adjacent to an activating group) is 1. The molecule has 0 saturated heterocycles. The molecule has 2 N–H and O–H groups in total. The molecule has 30 heavy (non-hydrogen) atoms. The van der Waals surface area contributed by atoms with Gasteiger partial charge in [-0.2, -0.15) is 13.2 Å². The number of carbonyl (C=O) groups is 1. The van der Waals surface area contributed by atoms with E-state index in [4.69, 9.17) is 35.4 Å². The van der Waals surface area contributed by atoms with Crippen LogP contribution in [0.4, 0.5) is 18.9 Å². The Morgan fingerprint density at radius 1 is 1.20 bits per heavy atom. The third-order valence-corrected chi connectivity index (χ3v) is 5.07. The number of alkyl halides is 3. The Bertz CT molecular complexity index is 1030. The first-order valence-corrected chi connectivity index (χ1v) is 9.74. The molecule has 0 fully saturated rings. The Labute approximate surface area is 185 Å². The first kappa shape index (κ1) is 22.3. The van der Waals surface area contributed by atoms with Gasteiger partial charge in [0.25, 0.3) is 5.91 Å². The first-order valence-electron chi connectivity index (χ1n) is 8.58. The van der Waals surface area contributed by atoms with E-state index in [-0.39, 0.29) is 5.11 Å². The summed E-state index contributed by atoms with van der Waals surface area (Å²) in [5.74, 6) is -0.517. The number of aliphatic imine (C=N–C) groups is 1. The smallest absolute Gasteiger partial charge is 0.354 e. The van der Waals surface area contributed by atoms with Crippen molar-refractivity contribution in [2.24, 2.45) is 4.99 Å². The predicted octanol–water partition coefficient (Wildman–Crippen LogP) is 4.16. The van der Waals surface area contributed by atoms with Gasteiger partial charge in [-0.05, 0) is 36.5 Å². The minimum absolute atomic E-state index is 0.354. The summed E-state index contributed by atoms with van der Waals surface area (Å²) in [6.07, 6.45) is -5.74. The van der Waals surface area contributed by atoms with Crippen molar-refractivity contribution in [3.63, 3.8) is 0 Å². The third kappa shape index (κ3) is 5.03. The number of amides is 1. The molecule has 1 aliphatic rings. The summed E-state index contributed by atoms with van der Waals surface area (Å²) in [4.78, 5) is 18.8. The van der Waals surface area contributed by atoms with Crippen molar-refractivity contribution in [3.8, 4) is 0 Å². The lowest BCUT2D eigenvalue weighted by atomic mass is 10.00. The molecule has 0 aromatic heterocycles. The molecule has 0 radical (unpaired) electrons. The highest BCUT2D eigenvalue weighted by Crippen LogP contribution is 2.31. The molecule has 0 saturated carbocycles. The molecule has 11 heteroatoms. The molecule has 1 unspecified atom stereocenters. The summed E-state index contributed by atoms with van der Waals surface area (Å²) in [5, 5.41) is 5.02. The molecule has 158 valence electrons. The van der Waals surface area contributed by atoms with Gasteiger partial charge >= 0.3 is 6.18 Å². The zero-order valence-corrected chi connectivity index (χ0v) is 17.8. The number of thiocarbonyl (C=S) groups is 1. The van der Waals surface area contributed by atoms with Crippen LogP contribution < -0.4 is 15.5 Å². The van der Waals surface area contributed by atoms with E-state index in [2.05, 4.69) is 10.3 Å². The summed E-state index contributed by atoms with van der Waals surface area (Å²) >= 11 is 17.4. The van der Waals surface area contributed by atoms with Gasteiger partial charge in [0.2, 0.25) is 6.17 Å². The lowest BCUT2D eigenvalue weighted by Crippen LogP contribution is -2.50. The summed E-state index contributed by atoms with van der Waals surface area (Å²) in [7, 11) is 1.53. The predicted molar refractivity (Wildman–Crippen MR) is 116 cm³/mol. The van der Waals surface area contributed by atoms with E-state index in [9.17, 15) is 18.0 Å². The number of halogens is 5. The fraction of sp³-hybridized carbons (Fsp3) is 0.211. The average molecular weight is 475 g/mol. The van der Waals surface area contributed by atoms with Gasteiger partial charge in [-0.15, -0.1) is 0 Å². The van der Waals surface area contributed by atoms with Gasteiger partial charge in [0.05, 0.1) is 11.4 Å². The molecule has 0 bridgehead atoms. The molecule has 1 amide bonds. The molecule has 3 rings (SSSR count). The van der Waals surface area contributed by atoms with E-state index < -0.39 is 24.8 Å². The molecule has 2 aromatic carbocycles. The highest BCUT2D eigenvalue weighted by Gasteiger charge is 2.32. The molecule has 1 heterocycles. The lowest BCUT2D eigenvalue weighted by molar-refractivity contribution is -0.122. The number of fused-ring (bicyclic) bond motifs is 1. The van der Waals surface area contributed by atoms with E-state index in [0.29, 0.717) is 32.6 Å². The summed E-state index contributed by atoms with van der Waals surface area (Å²) in [5.41, 5.74) is 1.95. The fourth-order valence-corrected chi connectivity index (χ4v) is 3.45. The highest BCUT2D eigenvalue weighted by molar-refractivity contribution is 7.80. The molecular formula is C19H15Cl2F3N4OS. The van der Waals surface area contributed by atoms with Gasteiger partial charge in [-0.3, -0.25) is 4.79 Å². The second-order valence-electron chi connectivity index (χ2n) is 6.36. The third-order valence-electron chi connectivity index (χ3n) is 4.24. The second-order valence-corrected chi connectivity index (χ2v) is 7.61. The lowest BCUT2D eigenvalue weighted by Gasteiger charge is -2.22. The minimum Gasteiger partial charge on any atom is -0.354 e. The Morgan fingerprint density at radius 3 is 2.57 bits per heavy atom. The van der Waals surface area contributed by atoms with Gasteiger partial charge in [0.1, 0.15) is 6.54 Å². The zero-order chi connectivity index (χ0) is 22.1. The Morgan fingerprint density at radius 2 is 1.90 bits per heavy atom. The number of benzodiazepines with no additional fused rings is 1. The maximum Gasteiger partial charge on any atom is 0.405 e. The molecular weight excluding hydrogens is 460 g/mol. The number of hydrogen-bond acceptors (Lipinski definition) is 3. The standard InChI is InChI=1S/C19H15Cl2F3N4OS/c1-28-14-7-6-10(20)8-12(14)15(11-4-2-3-5-13(11)21)26-16(17(28)29)27-18(30)25-9-19(22,23)24/h2-8,16H,9H2,1H3,(H2,25,27,30). The largest absolute Gasteiger partial charge is 0.405 e. The number of nitrogens with one attached hydrogen (secondary N) is 2. The minimum atomic E-state index is -4.46. The van der Waals surface area contributed by atoms with Crippen LogP contribution in [0.1, 0.15) is 11.1 Å². The monoisotopic (exact) mass is 474 g/mol. The van der Waals surface area contributed by atoms with Crippen LogP contribution in [0.2, 0.25) is 10.0 Å². The SMILES string of the molecule is CN1C(=O)C(NC(=S)NCC(F)(F)F)N=C(c2ccccc2Cl)c2cc(Cl)ccc21. The Hall–Kier alpha value is -2.36. The van der Waals surface area contributed by atoms with E-state index in [1.54, 1.807) is 42.5 Å². The van der Waals surface area contributed by atoms with Crippen molar-refractivity contribution in [2.75, 3.05) is 18.5 Å². The summed E-state index contributed by atoms with van der Waals surface area (Å²) in [6.45, 7) is -1.34. The van der Waals surface area contributed by atoms with Crippen LogP contribution in [0.25, 0.3) is 0 Å². The fourth-order valence-electron chi connectivity index (χ4n) is 2.86. The molecule has 2 aromatic rings. The van der Waals surface area contributed by atoms with Crippen molar-refractivity contribution in [3.05, 3.63) is 63.6 Å². The summed E-state index contributed by atoms with van der Waals surface area (Å²) < 4.78 is 37.4. The molecule has 0 aliphatic carbocycles. The van der Waals surface area contributed by atoms with Gasteiger partial charge in [-0.25, -0.2) is 4.99 Å². The number of nitrogens with zero attached hydrogens (tertiary/aromatic N) is 2. The van der Waals surface area contributed by atoms with Crippen LogP contribution in [0.5, 0.6) is 0 Å². The normalized spacial score (nSPS) is 16.5. The van der Waals surface area contributed by atoms with E-state index in [1.807, 2.05) is 5.32 Å².